The van der Waals surface area contributed by atoms with Crippen LogP contribution < -0.4 is 5.56 Å². The summed E-state index contributed by atoms with van der Waals surface area (Å²) in [6.45, 7) is 1.05. The Kier molecular flexibility index (Phi) is 6.48. The van der Waals surface area contributed by atoms with Gasteiger partial charge in [-0.3, -0.25) is 14.2 Å². The summed E-state index contributed by atoms with van der Waals surface area (Å²) in [4.78, 5) is 32.2. The van der Waals surface area contributed by atoms with Gasteiger partial charge in [-0.05, 0) is 23.3 Å². The Bertz CT molecular complexity index is 1200. The highest BCUT2D eigenvalue weighted by Gasteiger charge is 2.17. The van der Waals surface area contributed by atoms with Crippen molar-refractivity contribution in [3.05, 3.63) is 106 Å². The maximum Gasteiger partial charge on any atom is 0.261 e. The van der Waals surface area contributed by atoms with Crippen LogP contribution >= 0.6 is 11.8 Å². The second-order valence-corrected chi connectivity index (χ2v) is 8.23. The minimum atomic E-state index is -0.106. The van der Waals surface area contributed by atoms with Crippen LogP contribution in [0.15, 0.2) is 94.9 Å². The average Bonchev–Trinajstić information content (AvgIpc) is 2.81. The van der Waals surface area contributed by atoms with Crippen molar-refractivity contribution < 1.29 is 4.79 Å². The van der Waals surface area contributed by atoms with Gasteiger partial charge in [0.25, 0.3) is 5.56 Å². The van der Waals surface area contributed by atoms with Crippen molar-refractivity contribution in [2.75, 3.05) is 5.75 Å². The average molecular weight is 430 g/mol. The summed E-state index contributed by atoms with van der Waals surface area (Å²) in [6.07, 6.45) is 0. The molecule has 6 heteroatoms. The number of rotatable bonds is 7. The number of thioether (sulfide) groups is 1. The largest absolute Gasteiger partial charge is 0.333 e. The maximum atomic E-state index is 13.2. The van der Waals surface area contributed by atoms with Crippen molar-refractivity contribution in [3.8, 4) is 0 Å². The maximum absolute atomic E-state index is 13.2. The van der Waals surface area contributed by atoms with E-state index in [-0.39, 0.29) is 17.2 Å². The zero-order valence-electron chi connectivity index (χ0n) is 17.3. The summed E-state index contributed by atoms with van der Waals surface area (Å²) in [5.41, 5.74) is 2.69. The lowest BCUT2D eigenvalue weighted by Gasteiger charge is -2.23. The van der Waals surface area contributed by atoms with E-state index < -0.39 is 0 Å². The molecule has 0 saturated carbocycles. The smallest absolute Gasteiger partial charge is 0.261 e. The van der Waals surface area contributed by atoms with E-state index in [1.54, 1.807) is 13.1 Å². The van der Waals surface area contributed by atoms with Gasteiger partial charge in [-0.1, -0.05) is 84.6 Å². The molecule has 0 saturated heterocycles. The lowest BCUT2D eigenvalue weighted by Crippen LogP contribution is -2.32. The SMILES string of the molecule is Cn1c(SCC(=O)N(Cc2ccccc2)Cc2ccccc2)nc2ccccc2c1=O. The van der Waals surface area contributed by atoms with Crippen molar-refractivity contribution in [2.45, 2.75) is 18.2 Å². The molecular formula is C25H23N3O2S. The van der Waals surface area contributed by atoms with Crippen molar-refractivity contribution in [2.24, 2.45) is 7.05 Å². The Morgan fingerprint density at radius 1 is 0.871 bits per heavy atom. The van der Waals surface area contributed by atoms with Crippen LogP contribution in [0.25, 0.3) is 10.9 Å². The summed E-state index contributed by atoms with van der Waals surface area (Å²) < 4.78 is 1.51. The minimum Gasteiger partial charge on any atom is -0.333 e. The van der Waals surface area contributed by atoms with Gasteiger partial charge in [-0.25, -0.2) is 4.98 Å². The molecule has 0 aliphatic heterocycles. The van der Waals surface area contributed by atoms with Crippen molar-refractivity contribution >= 4 is 28.6 Å². The third kappa shape index (κ3) is 5.03. The summed E-state index contributed by atoms with van der Waals surface area (Å²) in [7, 11) is 1.69. The molecule has 0 aliphatic carbocycles. The Morgan fingerprint density at radius 3 is 2.03 bits per heavy atom. The van der Waals surface area contributed by atoms with E-state index in [4.69, 9.17) is 0 Å². The Balaban J connectivity index is 1.54. The first-order chi connectivity index (χ1) is 15.1. The van der Waals surface area contributed by atoms with Crippen LogP contribution in [0, 0.1) is 0 Å². The van der Waals surface area contributed by atoms with Gasteiger partial charge in [0, 0.05) is 20.1 Å². The lowest BCUT2D eigenvalue weighted by atomic mass is 10.1. The molecule has 31 heavy (non-hydrogen) atoms. The van der Waals surface area contributed by atoms with Crippen LogP contribution in [0.5, 0.6) is 0 Å². The molecule has 1 amide bonds. The van der Waals surface area contributed by atoms with Crippen LogP contribution in [-0.2, 0) is 24.9 Å². The first-order valence-electron chi connectivity index (χ1n) is 10.1. The summed E-state index contributed by atoms with van der Waals surface area (Å²) >= 11 is 1.29. The number of carbonyl (C=O) groups is 1. The van der Waals surface area contributed by atoms with Gasteiger partial charge in [0.15, 0.2) is 5.16 Å². The fourth-order valence-electron chi connectivity index (χ4n) is 3.38. The summed E-state index contributed by atoms with van der Waals surface area (Å²) in [5.74, 6) is 0.207. The molecule has 1 aromatic heterocycles. The number of benzene rings is 3. The number of amides is 1. The molecule has 156 valence electrons. The second-order valence-electron chi connectivity index (χ2n) is 7.29. The fourth-order valence-corrected chi connectivity index (χ4v) is 4.26. The number of para-hydroxylation sites is 1. The number of nitrogens with zero attached hydrogens (tertiary/aromatic N) is 3. The molecule has 4 aromatic rings. The van der Waals surface area contributed by atoms with E-state index in [0.29, 0.717) is 29.1 Å². The van der Waals surface area contributed by atoms with E-state index in [0.717, 1.165) is 11.1 Å². The molecular weight excluding hydrogens is 406 g/mol. The molecule has 0 fully saturated rings. The van der Waals surface area contributed by atoms with Crippen molar-refractivity contribution in [1.29, 1.82) is 0 Å². The van der Waals surface area contributed by atoms with E-state index in [9.17, 15) is 9.59 Å². The Labute approximate surface area is 185 Å². The third-order valence-electron chi connectivity index (χ3n) is 5.05. The standard InChI is InChI=1S/C25H23N3O2S/c1-27-24(30)21-14-8-9-15-22(21)26-25(27)31-18-23(29)28(16-19-10-4-2-5-11-19)17-20-12-6-3-7-13-20/h2-15H,16-18H2,1H3. The topological polar surface area (TPSA) is 55.2 Å². The summed E-state index contributed by atoms with van der Waals surface area (Å²) in [6, 6.07) is 27.2. The van der Waals surface area contributed by atoms with Crippen LogP contribution in [0.4, 0.5) is 0 Å². The highest BCUT2D eigenvalue weighted by atomic mass is 32.2. The second kappa shape index (κ2) is 9.62. The number of carbonyl (C=O) groups excluding carboxylic acids is 1. The molecule has 1 heterocycles. The molecule has 0 radical (unpaired) electrons. The Morgan fingerprint density at radius 2 is 1.42 bits per heavy atom. The highest BCUT2D eigenvalue weighted by molar-refractivity contribution is 7.99. The van der Waals surface area contributed by atoms with E-state index in [1.165, 1.54) is 16.3 Å². The van der Waals surface area contributed by atoms with Crippen LogP contribution in [0.3, 0.4) is 0 Å². The van der Waals surface area contributed by atoms with E-state index >= 15 is 0 Å². The first-order valence-corrected chi connectivity index (χ1v) is 11.0. The molecule has 0 N–H and O–H groups in total. The molecule has 3 aromatic carbocycles. The predicted molar refractivity (Wildman–Crippen MR) is 125 cm³/mol. The first kappa shape index (κ1) is 20.9. The van der Waals surface area contributed by atoms with Crippen LogP contribution in [-0.4, -0.2) is 26.1 Å². The monoisotopic (exact) mass is 429 g/mol. The number of hydrogen-bond donors (Lipinski definition) is 0. The van der Waals surface area contributed by atoms with Gasteiger partial charge in [-0.15, -0.1) is 0 Å². The molecule has 0 unspecified atom stereocenters. The van der Waals surface area contributed by atoms with Crippen molar-refractivity contribution in [3.63, 3.8) is 0 Å². The van der Waals surface area contributed by atoms with Gasteiger partial charge in [-0.2, -0.15) is 0 Å². The van der Waals surface area contributed by atoms with Gasteiger partial charge < -0.3 is 4.90 Å². The number of fused-ring (bicyclic) bond motifs is 1. The zero-order chi connectivity index (χ0) is 21.6. The molecule has 0 bridgehead atoms. The number of aromatic nitrogens is 2. The quantitative estimate of drug-likeness (QED) is 0.325. The van der Waals surface area contributed by atoms with Crippen LogP contribution in [0.1, 0.15) is 11.1 Å². The van der Waals surface area contributed by atoms with E-state index in [2.05, 4.69) is 4.98 Å². The minimum absolute atomic E-state index is 0.000105. The summed E-state index contributed by atoms with van der Waals surface area (Å²) in [5, 5.41) is 1.12. The van der Waals surface area contributed by atoms with Crippen molar-refractivity contribution in [1.82, 2.24) is 14.5 Å². The van der Waals surface area contributed by atoms with Gasteiger partial charge >= 0.3 is 0 Å². The van der Waals surface area contributed by atoms with Gasteiger partial charge in [0.2, 0.25) is 5.91 Å². The Hall–Kier alpha value is -3.38. The molecule has 0 atom stereocenters. The molecule has 0 spiro atoms. The number of hydrogen-bond acceptors (Lipinski definition) is 4. The lowest BCUT2D eigenvalue weighted by molar-refractivity contribution is -0.129. The molecule has 5 nitrogen and oxygen atoms in total. The van der Waals surface area contributed by atoms with Gasteiger partial charge in [0.1, 0.15) is 0 Å². The zero-order valence-corrected chi connectivity index (χ0v) is 18.1. The highest BCUT2D eigenvalue weighted by Crippen LogP contribution is 2.19. The van der Waals surface area contributed by atoms with E-state index in [1.807, 2.05) is 83.8 Å². The predicted octanol–water partition coefficient (Wildman–Crippen LogP) is 4.25. The van der Waals surface area contributed by atoms with Gasteiger partial charge in [0.05, 0.1) is 16.7 Å². The fraction of sp³-hybridized carbons (Fsp3) is 0.160. The molecule has 4 rings (SSSR count). The third-order valence-corrected chi connectivity index (χ3v) is 6.07. The molecule has 0 aliphatic rings. The normalized spacial score (nSPS) is 10.9. The van der Waals surface area contributed by atoms with Crippen LogP contribution in [0.2, 0.25) is 0 Å².